The summed E-state index contributed by atoms with van der Waals surface area (Å²) in [6.45, 7) is 4.85. The summed E-state index contributed by atoms with van der Waals surface area (Å²) in [7, 11) is 1.58. The van der Waals surface area contributed by atoms with E-state index in [1.165, 1.54) is 12.1 Å². The van der Waals surface area contributed by atoms with Crippen molar-refractivity contribution in [2.75, 3.05) is 44.7 Å². The highest BCUT2D eigenvalue weighted by atomic mass is 19.1. The van der Waals surface area contributed by atoms with Gasteiger partial charge in [-0.05, 0) is 24.3 Å². The van der Waals surface area contributed by atoms with Gasteiger partial charge in [0.2, 0.25) is 0 Å². The van der Waals surface area contributed by atoms with Gasteiger partial charge in [-0.25, -0.2) is 4.39 Å². The zero-order valence-corrected chi connectivity index (χ0v) is 13.4. The van der Waals surface area contributed by atoms with E-state index < -0.39 is 0 Å². The molecule has 1 fully saturated rings. The van der Waals surface area contributed by atoms with Gasteiger partial charge >= 0.3 is 0 Å². The van der Waals surface area contributed by atoms with Crippen molar-refractivity contribution in [3.05, 3.63) is 54.1 Å². The van der Waals surface area contributed by atoms with Gasteiger partial charge in [0.25, 0.3) is 0 Å². The van der Waals surface area contributed by atoms with Gasteiger partial charge in [-0.2, -0.15) is 0 Å². The maximum atomic E-state index is 13.3. The predicted molar refractivity (Wildman–Crippen MR) is 89.5 cm³/mol. The molecule has 0 unspecified atom stereocenters. The number of hydrogen-bond acceptors (Lipinski definition) is 4. The first-order valence-electron chi connectivity index (χ1n) is 7.97. The van der Waals surface area contributed by atoms with Gasteiger partial charge < -0.3 is 9.64 Å². The molecule has 0 amide bonds. The van der Waals surface area contributed by atoms with Gasteiger partial charge in [0, 0.05) is 57.1 Å². The molecular formula is C18H22FN3O. The molecule has 0 radical (unpaired) electrons. The van der Waals surface area contributed by atoms with Crippen molar-refractivity contribution in [1.29, 1.82) is 0 Å². The molecule has 122 valence electrons. The predicted octanol–water partition coefficient (Wildman–Crippen LogP) is 2.59. The molecule has 2 aromatic rings. The van der Waals surface area contributed by atoms with Crippen molar-refractivity contribution in [2.45, 2.75) is 6.42 Å². The second kappa shape index (κ2) is 7.42. The van der Waals surface area contributed by atoms with Crippen molar-refractivity contribution in [1.82, 2.24) is 9.88 Å². The molecule has 3 rings (SSSR count). The van der Waals surface area contributed by atoms with Gasteiger partial charge in [-0.3, -0.25) is 9.88 Å². The summed E-state index contributed by atoms with van der Waals surface area (Å²) in [4.78, 5) is 9.07. The SMILES string of the molecule is COc1cc(F)ccc1N1CCN(CCc2ccccn2)CC1. The molecule has 1 aliphatic heterocycles. The molecule has 0 saturated carbocycles. The fourth-order valence-electron chi connectivity index (χ4n) is 2.94. The molecule has 2 heterocycles. The number of piperazine rings is 1. The molecule has 1 aliphatic rings. The van der Waals surface area contributed by atoms with E-state index in [1.807, 2.05) is 18.3 Å². The van der Waals surface area contributed by atoms with Crippen LogP contribution in [-0.4, -0.2) is 49.7 Å². The molecule has 1 aromatic carbocycles. The topological polar surface area (TPSA) is 28.6 Å². The first-order valence-corrected chi connectivity index (χ1v) is 7.97. The van der Waals surface area contributed by atoms with Crippen LogP contribution in [0.4, 0.5) is 10.1 Å². The van der Waals surface area contributed by atoms with Gasteiger partial charge in [0.05, 0.1) is 12.8 Å². The minimum absolute atomic E-state index is 0.264. The summed E-state index contributed by atoms with van der Waals surface area (Å²) >= 11 is 0. The van der Waals surface area contributed by atoms with Crippen molar-refractivity contribution in [3.8, 4) is 5.75 Å². The zero-order valence-electron chi connectivity index (χ0n) is 13.4. The smallest absolute Gasteiger partial charge is 0.145 e. The lowest BCUT2D eigenvalue weighted by Gasteiger charge is -2.36. The third-order valence-corrected chi connectivity index (χ3v) is 4.27. The highest BCUT2D eigenvalue weighted by Gasteiger charge is 2.19. The molecule has 0 spiro atoms. The van der Waals surface area contributed by atoms with E-state index in [-0.39, 0.29) is 5.82 Å². The summed E-state index contributed by atoms with van der Waals surface area (Å²) in [5, 5.41) is 0. The monoisotopic (exact) mass is 315 g/mol. The van der Waals surface area contributed by atoms with E-state index in [1.54, 1.807) is 13.2 Å². The largest absolute Gasteiger partial charge is 0.494 e. The number of aromatic nitrogens is 1. The Balaban J connectivity index is 1.54. The van der Waals surface area contributed by atoms with E-state index in [2.05, 4.69) is 20.9 Å². The second-order valence-corrected chi connectivity index (χ2v) is 5.72. The third kappa shape index (κ3) is 3.99. The molecule has 0 bridgehead atoms. The summed E-state index contributed by atoms with van der Waals surface area (Å²) in [5.74, 6) is 0.339. The third-order valence-electron chi connectivity index (χ3n) is 4.27. The highest BCUT2D eigenvalue weighted by molar-refractivity contribution is 5.58. The molecule has 1 saturated heterocycles. The van der Waals surface area contributed by atoms with E-state index in [9.17, 15) is 4.39 Å². The van der Waals surface area contributed by atoms with Crippen LogP contribution in [0, 0.1) is 5.82 Å². The van der Waals surface area contributed by atoms with Gasteiger partial charge in [0.15, 0.2) is 0 Å². The van der Waals surface area contributed by atoms with Crippen molar-refractivity contribution >= 4 is 5.69 Å². The average molecular weight is 315 g/mol. The van der Waals surface area contributed by atoms with E-state index >= 15 is 0 Å². The Hall–Kier alpha value is -2.14. The van der Waals surface area contributed by atoms with Crippen LogP contribution in [0.2, 0.25) is 0 Å². The molecule has 4 nitrogen and oxygen atoms in total. The average Bonchev–Trinajstić information content (AvgIpc) is 2.61. The molecule has 23 heavy (non-hydrogen) atoms. The first-order chi connectivity index (χ1) is 11.3. The summed E-state index contributed by atoms with van der Waals surface area (Å²) in [6, 6.07) is 10.8. The summed E-state index contributed by atoms with van der Waals surface area (Å²) in [5.41, 5.74) is 2.11. The standard InChI is InChI=1S/C18H22FN3O/c1-23-18-14-15(19)5-6-17(18)22-12-10-21(11-13-22)9-7-16-4-2-3-8-20-16/h2-6,8,14H,7,9-13H2,1H3. The lowest BCUT2D eigenvalue weighted by atomic mass is 10.2. The quantitative estimate of drug-likeness (QED) is 0.848. The highest BCUT2D eigenvalue weighted by Crippen LogP contribution is 2.29. The number of benzene rings is 1. The van der Waals surface area contributed by atoms with Crippen LogP contribution in [0.1, 0.15) is 5.69 Å². The number of pyridine rings is 1. The molecule has 1 aromatic heterocycles. The Morgan fingerprint density at radius 2 is 1.96 bits per heavy atom. The number of halogens is 1. The molecule has 0 aliphatic carbocycles. The molecular weight excluding hydrogens is 293 g/mol. The lowest BCUT2D eigenvalue weighted by Crippen LogP contribution is -2.47. The van der Waals surface area contributed by atoms with Crippen LogP contribution in [0.25, 0.3) is 0 Å². The number of anilines is 1. The maximum Gasteiger partial charge on any atom is 0.145 e. The van der Waals surface area contributed by atoms with Crippen LogP contribution in [0.15, 0.2) is 42.6 Å². The van der Waals surface area contributed by atoms with Gasteiger partial charge in [0.1, 0.15) is 11.6 Å². The van der Waals surface area contributed by atoms with Crippen LogP contribution in [0.5, 0.6) is 5.75 Å². The lowest BCUT2D eigenvalue weighted by molar-refractivity contribution is 0.259. The van der Waals surface area contributed by atoms with Crippen molar-refractivity contribution in [3.63, 3.8) is 0 Å². The van der Waals surface area contributed by atoms with Crippen LogP contribution in [-0.2, 0) is 6.42 Å². The fraction of sp³-hybridized carbons (Fsp3) is 0.389. The number of rotatable bonds is 5. The van der Waals surface area contributed by atoms with E-state index in [0.29, 0.717) is 5.75 Å². The first kappa shape index (κ1) is 15.7. The number of methoxy groups -OCH3 is 1. The Morgan fingerprint density at radius 1 is 1.13 bits per heavy atom. The summed E-state index contributed by atoms with van der Waals surface area (Å²) in [6.07, 6.45) is 2.81. The van der Waals surface area contributed by atoms with Gasteiger partial charge in [-0.15, -0.1) is 0 Å². The van der Waals surface area contributed by atoms with Crippen LogP contribution >= 0.6 is 0 Å². The Labute approximate surface area is 136 Å². The number of ether oxygens (including phenoxy) is 1. The van der Waals surface area contributed by atoms with Crippen molar-refractivity contribution in [2.24, 2.45) is 0 Å². The number of hydrogen-bond donors (Lipinski definition) is 0. The van der Waals surface area contributed by atoms with E-state index in [0.717, 1.165) is 50.5 Å². The zero-order chi connectivity index (χ0) is 16.1. The fourth-order valence-corrected chi connectivity index (χ4v) is 2.94. The van der Waals surface area contributed by atoms with Crippen molar-refractivity contribution < 1.29 is 9.13 Å². The van der Waals surface area contributed by atoms with Crippen LogP contribution in [0.3, 0.4) is 0 Å². The molecule has 0 atom stereocenters. The number of nitrogens with zero attached hydrogens (tertiary/aromatic N) is 3. The summed E-state index contributed by atoms with van der Waals surface area (Å²) < 4.78 is 18.6. The normalized spacial score (nSPS) is 15.7. The Morgan fingerprint density at radius 3 is 2.65 bits per heavy atom. The minimum Gasteiger partial charge on any atom is -0.494 e. The van der Waals surface area contributed by atoms with Crippen LogP contribution < -0.4 is 9.64 Å². The van der Waals surface area contributed by atoms with E-state index in [4.69, 9.17) is 4.74 Å². The Bertz CT molecular complexity index is 627. The minimum atomic E-state index is -0.264. The van der Waals surface area contributed by atoms with Gasteiger partial charge in [-0.1, -0.05) is 6.07 Å². The second-order valence-electron chi connectivity index (χ2n) is 5.72. The maximum absolute atomic E-state index is 13.3. The molecule has 5 heteroatoms. The molecule has 0 N–H and O–H groups in total. The Kier molecular flexibility index (Phi) is 5.08.